The predicted molar refractivity (Wildman–Crippen MR) is 112 cm³/mol. The first-order valence-electron chi connectivity index (χ1n) is 8.86. The van der Waals surface area contributed by atoms with Crippen molar-refractivity contribution in [3.8, 4) is 0 Å². The molecule has 0 bridgehead atoms. The monoisotopic (exact) mass is 434 g/mol. The topological polar surface area (TPSA) is 76.8 Å². The molecule has 0 aliphatic heterocycles. The molecule has 146 valence electrons. The zero-order valence-electron chi connectivity index (χ0n) is 15.7. The van der Waals surface area contributed by atoms with Crippen LogP contribution in [0.5, 0.6) is 0 Å². The van der Waals surface area contributed by atoms with E-state index in [1.165, 1.54) is 18.3 Å². The fourth-order valence-electron chi connectivity index (χ4n) is 3.01. The van der Waals surface area contributed by atoms with Crippen LogP contribution in [-0.4, -0.2) is 31.1 Å². The molecule has 1 amide bonds. The molecule has 0 atom stereocenters. The highest BCUT2D eigenvalue weighted by atomic mass is 35.5. The smallest absolute Gasteiger partial charge is 0.230 e. The molecular weight excluding hydrogens is 416 g/mol. The molecule has 1 aliphatic carbocycles. The zero-order chi connectivity index (χ0) is 19.8. The summed E-state index contributed by atoms with van der Waals surface area (Å²) in [5.74, 6) is 0.510. The van der Waals surface area contributed by atoms with Crippen LogP contribution < -0.4 is 4.90 Å². The average Bonchev–Trinajstić information content (AvgIpc) is 3.18. The van der Waals surface area contributed by atoms with Crippen LogP contribution in [0.25, 0.3) is 0 Å². The van der Waals surface area contributed by atoms with E-state index in [-0.39, 0.29) is 5.91 Å². The Labute approximate surface area is 176 Å². The molecule has 0 radical (unpaired) electrons. The molecule has 0 N–H and O–H groups in total. The number of tetrazole rings is 1. The van der Waals surface area contributed by atoms with Crippen LogP contribution in [0.2, 0.25) is 5.02 Å². The van der Waals surface area contributed by atoms with Gasteiger partial charge >= 0.3 is 0 Å². The molecule has 4 rings (SSSR count). The third-order valence-electron chi connectivity index (χ3n) is 4.37. The van der Waals surface area contributed by atoms with Gasteiger partial charge < -0.3 is 0 Å². The first-order chi connectivity index (χ1) is 13.4. The summed E-state index contributed by atoms with van der Waals surface area (Å²) < 4.78 is 1.88. The van der Waals surface area contributed by atoms with Crippen LogP contribution in [-0.2, 0) is 10.5 Å². The van der Waals surface area contributed by atoms with Gasteiger partial charge in [0.2, 0.25) is 11.1 Å². The van der Waals surface area contributed by atoms with Crippen molar-refractivity contribution in [2.75, 3.05) is 4.90 Å². The lowest BCUT2D eigenvalue weighted by molar-refractivity contribution is -0.115. The van der Waals surface area contributed by atoms with Gasteiger partial charge in [-0.2, -0.15) is 0 Å². The van der Waals surface area contributed by atoms with Crippen molar-refractivity contribution in [3.05, 3.63) is 39.4 Å². The molecule has 7 nitrogen and oxygen atoms in total. The van der Waals surface area contributed by atoms with Crippen molar-refractivity contribution in [1.82, 2.24) is 25.2 Å². The number of nitrogens with zero attached hydrogens (tertiary/aromatic N) is 6. The summed E-state index contributed by atoms with van der Waals surface area (Å²) in [7, 11) is 0. The number of rotatable bonds is 6. The maximum Gasteiger partial charge on any atom is 0.230 e. The van der Waals surface area contributed by atoms with Gasteiger partial charge in [0, 0.05) is 18.1 Å². The lowest BCUT2D eigenvalue weighted by atomic mass is 10.1. The highest BCUT2D eigenvalue weighted by Crippen LogP contribution is 2.39. The summed E-state index contributed by atoms with van der Waals surface area (Å²) in [6, 6.07) is 4.31. The van der Waals surface area contributed by atoms with Gasteiger partial charge in [-0.15, -0.1) is 16.4 Å². The Balaban J connectivity index is 1.56. The van der Waals surface area contributed by atoms with Gasteiger partial charge in [0.25, 0.3) is 0 Å². The second-order valence-corrected chi connectivity index (χ2v) is 9.00. The van der Waals surface area contributed by atoms with Crippen LogP contribution in [0.4, 0.5) is 10.8 Å². The van der Waals surface area contributed by atoms with Crippen molar-refractivity contribution in [2.45, 2.75) is 50.6 Å². The zero-order valence-corrected chi connectivity index (χ0v) is 18.1. The van der Waals surface area contributed by atoms with Crippen LogP contribution in [0.1, 0.15) is 42.6 Å². The van der Waals surface area contributed by atoms with E-state index in [2.05, 4.69) is 20.5 Å². The second-order valence-electron chi connectivity index (χ2n) is 6.81. The molecule has 3 aromatic rings. The van der Waals surface area contributed by atoms with E-state index in [4.69, 9.17) is 11.6 Å². The fourth-order valence-corrected chi connectivity index (χ4v) is 5.23. The Bertz CT molecular complexity index is 1010. The van der Waals surface area contributed by atoms with Crippen LogP contribution in [0, 0.1) is 13.8 Å². The number of hydrogen-bond acceptors (Lipinski definition) is 7. The number of aromatic nitrogens is 5. The number of amides is 1. The van der Waals surface area contributed by atoms with Crippen molar-refractivity contribution in [2.24, 2.45) is 0 Å². The maximum atomic E-state index is 12.4. The minimum absolute atomic E-state index is 0.125. The van der Waals surface area contributed by atoms with Gasteiger partial charge in [0.05, 0.1) is 22.4 Å². The average molecular weight is 435 g/mol. The summed E-state index contributed by atoms with van der Waals surface area (Å²) in [5.41, 5.74) is 3.56. The molecule has 0 spiro atoms. The van der Waals surface area contributed by atoms with E-state index in [0.717, 1.165) is 34.8 Å². The van der Waals surface area contributed by atoms with Gasteiger partial charge in [0.1, 0.15) is 0 Å². The Morgan fingerprint density at radius 1 is 1.39 bits per heavy atom. The highest BCUT2D eigenvalue weighted by molar-refractivity contribution is 7.98. The summed E-state index contributed by atoms with van der Waals surface area (Å²) >= 11 is 9.45. The molecular formula is C18H19ClN6OS2. The number of hydrogen-bond donors (Lipinski definition) is 0. The minimum atomic E-state index is -0.125. The quantitative estimate of drug-likeness (QED) is 0.523. The largest absolute Gasteiger partial charge is 0.274 e. The highest BCUT2D eigenvalue weighted by Gasteiger charge is 2.28. The number of aryl methyl sites for hydroxylation is 2. The number of benzene rings is 1. The summed E-state index contributed by atoms with van der Waals surface area (Å²) in [6.07, 6.45) is 2.26. The number of halogens is 1. The molecule has 1 saturated carbocycles. The maximum absolute atomic E-state index is 12.4. The van der Waals surface area contributed by atoms with E-state index in [0.29, 0.717) is 27.6 Å². The Kier molecular flexibility index (Phi) is 5.39. The number of thiazole rings is 1. The molecule has 1 fully saturated rings. The number of anilines is 2. The predicted octanol–water partition coefficient (Wildman–Crippen LogP) is 4.71. The third kappa shape index (κ3) is 3.92. The number of thioether (sulfide) groups is 1. The van der Waals surface area contributed by atoms with Gasteiger partial charge in [0.15, 0.2) is 5.13 Å². The van der Waals surface area contributed by atoms with E-state index in [1.807, 2.05) is 36.0 Å². The molecule has 1 aromatic carbocycles. The molecule has 2 heterocycles. The Hall–Kier alpha value is -1.97. The summed E-state index contributed by atoms with van der Waals surface area (Å²) in [5, 5.41) is 15.9. The van der Waals surface area contributed by atoms with Gasteiger partial charge in [-0.3, -0.25) is 9.69 Å². The van der Waals surface area contributed by atoms with Crippen molar-refractivity contribution < 1.29 is 4.79 Å². The van der Waals surface area contributed by atoms with E-state index >= 15 is 0 Å². The Morgan fingerprint density at radius 2 is 2.18 bits per heavy atom. The van der Waals surface area contributed by atoms with Crippen molar-refractivity contribution in [1.29, 1.82) is 0 Å². The molecule has 1 aliphatic rings. The number of carbonyl (C=O) groups excluding carboxylic acids is 1. The van der Waals surface area contributed by atoms with Crippen LogP contribution in [0.3, 0.4) is 0 Å². The van der Waals surface area contributed by atoms with Crippen molar-refractivity contribution in [3.63, 3.8) is 0 Å². The van der Waals surface area contributed by atoms with E-state index in [9.17, 15) is 4.79 Å². The van der Waals surface area contributed by atoms with Crippen LogP contribution >= 0.6 is 34.7 Å². The molecule has 2 aromatic heterocycles. The lowest BCUT2D eigenvalue weighted by Gasteiger charge is -2.22. The minimum Gasteiger partial charge on any atom is -0.274 e. The first-order valence-corrected chi connectivity index (χ1v) is 11.1. The van der Waals surface area contributed by atoms with Crippen LogP contribution in [0.15, 0.2) is 22.7 Å². The molecule has 0 unspecified atom stereocenters. The second kappa shape index (κ2) is 7.81. The number of carbonyl (C=O) groups is 1. The Morgan fingerprint density at radius 3 is 2.86 bits per heavy atom. The van der Waals surface area contributed by atoms with E-state index in [1.54, 1.807) is 16.7 Å². The van der Waals surface area contributed by atoms with E-state index < -0.39 is 0 Å². The SMILES string of the molecule is CC(=O)N(c1nc(CSc2nnnn2C2CC2)cs1)c1c(C)cc(C)cc1Cl. The molecule has 0 saturated heterocycles. The van der Waals surface area contributed by atoms with Gasteiger partial charge in [-0.05, 0) is 54.3 Å². The van der Waals surface area contributed by atoms with Gasteiger partial charge in [-0.25, -0.2) is 9.67 Å². The summed E-state index contributed by atoms with van der Waals surface area (Å²) in [6.45, 7) is 5.45. The lowest BCUT2D eigenvalue weighted by Crippen LogP contribution is -2.24. The fraction of sp³-hybridized carbons (Fsp3) is 0.389. The van der Waals surface area contributed by atoms with Crippen molar-refractivity contribution >= 4 is 51.4 Å². The normalized spacial score (nSPS) is 13.7. The summed E-state index contributed by atoms with van der Waals surface area (Å²) in [4.78, 5) is 18.7. The van der Waals surface area contributed by atoms with Gasteiger partial charge in [-0.1, -0.05) is 29.4 Å². The first kappa shape index (κ1) is 19.4. The molecule has 10 heteroatoms. The standard InChI is InChI=1S/C18H19ClN6OS2/c1-10-6-11(2)16(15(19)7-10)24(12(3)26)17-20-13(8-27-17)9-28-18-21-22-23-25(18)14-4-5-14/h6-8,14H,4-5,9H2,1-3H3. The molecule has 28 heavy (non-hydrogen) atoms. The third-order valence-corrected chi connectivity index (χ3v) is 6.50.